The van der Waals surface area contributed by atoms with Gasteiger partial charge in [0.25, 0.3) is 10.0 Å². The summed E-state index contributed by atoms with van der Waals surface area (Å²) in [6, 6.07) is 15.8. The number of pyridine rings is 1. The second-order valence-electron chi connectivity index (χ2n) is 4.46. The quantitative estimate of drug-likeness (QED) is 0.799. The number of benzene rings is 1. The predicted molar refractivity (Wildman–Crippen MR) is 82.5 cm³/mol. The van der Waals surface area contributed by atoms with Gasteiger partial charge in [-0.05, 0) is 24.3 Å². The zero-order valence-corrected chi connectivity index (χ0v) is 12.2. The highest BCUT2D eigenvalue weighted by Gasteiger charge is 2.15. The third-order valence-electron chi connectivity index (χ3n) is 2.92. The van der Waals surface area contributed by atoms with Crippen LogP contribution in [0, 0.1) is 0 Å². The summed E-state index contributed by atoms with van der Waals surface area (Å²) in [5.74, 6) is 0.156. The van der Waals surface area contributed by atoms with Crippen LogP contribution < -0.4 is 4.72 Å². The van der Waals surface area contributed by atoms with E-state index in [-0.39, 0.29) is 10.7 Å². The summed E-state index contributed by atoms with van der Waals surface area (Å²) in [6.45, 7) is 0. The highest BCUT2D eigenvalue weighted by Crippen LogP contribution is 2.18. The van der Waals surface area contributed by atoms with Gasteiger partial charge in [-0.15, -0.1) is 10.2 Å². The number of sulfonamides is 1. The molecule has 0 saturated carbocycles. The summed E-state index contributed by atoms with van der Waals surface area (Å²) >= 11 is 0. The minimum atomic E-state index is -3.71. The fourth-order valence-corrected chi connectivity index (χ4v) is 2.81. The number of aromatic nitrogens is 3. The molecule has 6 nitrogen and oxygen atoms in total. The van der Waals surface area contributed by atoms with E-state index in [1.165, 1.54) is 18.5 Å². The van der Waals surface area contributed by atoms with Crippen LogP contribution in [0.3, 0.4) is 0 Å². The molecule has 2 aromatic heterocycles. The van der Waals surface area contributed by atoms with Crippen LogP contribution in [-0.4, -0.2) is 23.6 Å². The molecule has 7 heteroatoms. The van der Waals surface area contributed by atoms with Crippen molar-refractivity contribution in [3.63, 3.8) is 0 Å². The van der Waals surface area contributed by atoms with Crippen LogP contribution in [0.5, 0.6) is 0 Å². The average Bonchev–Trinajstić information content (AvgIpc) is 2.57. The molecule has 0 aliphatic carbocycles. The van der Waals surface area contributed by atoms with Crippen molar-refractivity contribution in [1.29, 1.82) is 0 Å². The topological polar surface area (TPSA) is 84.8 Å². The standard InChI is InChI=1S/C15H12N4O2S/c20-22(21,13-7-4-10-16-11-13)19-15-9-8-14(17-18-15)12-5-2-1-3-6-12/h1-11H,(H,18,19). The maximum Gasteiger partial charge on any atom is 0.264 e. The second-order valence-corrected chi connectivity index (χ2v) is 6.15. The Hall–Kier alpha value is -2.80. The first-order valence-corrected chi connectivity index (χ1v) is 7.95. The van der Waals surface area contributed by atoms with E-state index >= 15 is 0 Å². The lowest BCUT2D eigenvalue weighted by Crippen LogP contribution is -2.14. The molecule has 0 unspecified atom stereocenters. The first-order valence-electron chi connectivity index (χ1n) is 6.47. The average molecular weight is 312 g/mol. The Morgan fingerprint density at radius 1 is 0.864 bits per heavy atom. The van der Waals surface area contributed by atoms with E-state index in [1.807, 2.05) is 30.3 Å². The minimum Gasteiger partial charge on any atom is -0.263 e. The Labute approximate surface area is 127 Å². The third-order valence-corrected chi connectivity index (χ3v) is 4.26. The lowest BCUT2D eigenvalue weighted by atomic mass is 10.1. The van der Waals surface area contributed by atoms with E-state index < -0.39 is 10.0 Å². The molecule has 3 aromatic rings. The first kappa shape index (κ1) is 14.2. The highest BCUT2D eigenvalue weighted by atomic mass is 32.2. The van der Waals surface area contributed by atoms with Gasteiger partial charge in [0.2, 0.25) is 0 Å². The van der Waals surface area contributed by atoms with E-state index in [4.69, 9.17) is 0 Å². The van der Waals surface area contributed by atoms with Gasteiger partial charge in [-0.3, -0.25) is 9.71 Å². The van der Waals surface area contributed by atoms with Gasteiger partial charge in [0.15, 0.2) is 5.82 Å². The normalized spacial score (nSPS) is 11.1. The smallest absolute Gasteiger partial charge is 0.263 e. The molecule has 3 rings (SSSR count). The van der Waals surface area contributed by atoms with Gasteiger partial charge in [0, 0.05) is 18.0 Å². The molecule has 0 amide bonds. The molecule has 0 radical (unpaired) electrons. The zero-order valence-electron chi connectivity index (χ0n) is 11.4. The van der Waals surface area contributed by atoms with Crippen LogP contribution in [0.15, 0.2) is 71.9 Å². The molecule has 0 aliphatic heterocycles. The Bertz CT molecular complexity index is 851. The molecule has 0 saturated heterocycles. The van der Waals surface area contributed by atoms with E-state index in [1.54, 1.807) is 18.2 Å². The Balaban J connectivity index is 1.83. The molecule has 0 bridgehead atoms. The molecule has 0 fully saturated rings. The molecule has 1 N–H and O–H groups in total. The number of rotatable bonds is 4. The van der Waals surface area contributed by atoms with Crippen LogP contribution in [0.2, 0.25) is 0 Å². The molecular weight excluding hydrogens is 300 g/mol. The molecule has 2 heterocycles. The predicted octanol–water partition coefficient (Wildman–Crippen LogP) is 2.34. The van der Waals surface area contributed by atoms with Crippen LogP contribution in [0.1, 0.15) is 0 Å². The summed E-state index contributed by atoms with van der Waals surface area (Å²) in [7, 11) is -3.71. The zero-order chi connectivity index (χ0) is 15.4. The Morgan fingerprint density at radius 2 is 1.68 bits per heavy atom. The molecule has 0 spiro atoms. The van der Waals surface area contributed by atoms with E-state index in [0.717, 1.165) is 5.56 Å². The summed E-state index contributed by atoms with van der Waals surface area (Å²) < 4.78 is 26.6. The van der Waals surface area contributed by atoms with Crippen LogP contribution in [0.25, 0.3) is 11.3 Å². The fourth-order valence-electron chi connectivity index (χ4n) is 1.85. The maximum absolute atomic E-state index is 12.1. The number of nitrogens with zero attached hydrogens (tertiary/aromatic N) is 3. The number of hydrogen-bond acceptors (Lipinski definition) is 5. The summed E-state index contributed by atoms with van der Waals surface area (Å²) in [5.41, 5.74) is 1.58. The Morgan fingerprint density at radius 3 is 2.32 bits per heavy atom. The number of nitrogens with one attached hydrogen (secondary N) is 1. The largest absolute Gasteiger partial charge is 0.264 e. The summed E-state index contributed by atoms with van der Waals surface area (Å²) in [4.78, 5) is 3.86. The molecular formula is C15H12N4O2S. The number of anilines is 1. The first-order chi connectivity index (χ1) is 10.6. The number of hydrogen-bond donors (Lipinski definition) is 1. The van der Waals surface area contributed by atoms with Crippen molar-refractivity contribution in [1.82, 2.24) is 15.2 Å². The minimum absolute atomic E-state index is 0.0731. The van der Waals surface area contributed by atoms with E-state index in [9.17, 15) is 8.42 Å². The lowest BCUT2D eigenvalue weighted by molar-refractivity contribution is 0.600. The van der Waals surface area contributed by atoms with Gasteiger partial charge < -0.3 is 0 Å². The van der Waals surface area contributed by atoms with Gasteiger partial charge in [-0.25, -0.2) is 8.42 Å². The van der Waals surface area contributed by atoms with Crippen molar-refractivity contribution in [2.24, 2.45) is 0 Å². The highest BCUT2D eigenvalue weighted by molar-refractivity contribution is 7.92. The van der Waals surface area contributed by atoms with Crippen LogP contribution in [-0.2, 0) is 10.0 Å². The van der Waals surface area contributed by atoms with Gasteiger partial charge in [-0.1, -0.05) is 30.3 Å². The lowest BCUT2D eigenvalue weighted by Gasteiger charge is -2.06. The molecule has 0 atom stereocenters. The monoisotopic (exact) mass is 312 g/mol. The van der Waals surface area contributed by atoms with Gasteiger partial charge in [-0.2, -0.15) is 0 Å². The van der Waals surface area contributed by atoms with Crippen molar-refractivity contribution in [3.8, 4) is 11.3 Å². The van der Waals surface area contributed by atoms with E-state index in [0.29, 0.717) is 5.69 Å². The fraction of sp³-hybridized carbons (Fsp3) is 0. The Kier molecular flexibility index (Phi) is 3.80. The summed E-state index contributed by atoms with van der Waals surface area (Å²) in [5, 5.41) is 7.94. The SMILES string of the molecule is O=S(=O)(Nc1ccc(-c2ccccc2)nn1)c1cccnc1. The summed E-state index contributed by atoms with van der Waals surface area (Å²) in [6.07, 6.45) is 2.78. The van der Waals surface area contributed by atoms with Crippen LogP contribution >= 0.6 is 0 Å². The molecule has 22 heavy (non-hydrogen) atoms. The van der Waals surface area contributed by atoms with Crippen LogP contribution in [0.4, 0.5) is 5.82 Å². The van der Waals surface area contributed by atoms with Crippen molar-refractivity contribution in [2.45, 2.75) is 4.90 Å². The van der Waals surface area contributed by atoms with Crippen molar-refractivity contribution in [2.75, 3.05) is 4.72 Å². The van der Waals surface area contributed by atoms with Crippen molar-refractivity contribution in [3.05, 3.63) is 67.0 Å². The van der Waals surface area contributed by atoms with Gasteiger partial charge >= 0.3 is 0 Å². The molecule has 0 aliphatic rings. The van der Waals surface area contributed by atoms with Gasteiger partial charge in [0.05, 0.1) is 5.69 Å². The molecule has 110 valence electrons. The van der Waals surface area contributed by atoms with Crippen molar-refractivity contribution < 1.29 is 8.42 Å². The van der Waals surface area contributed by atoms with Gasteiger partial charge in [0.1, 0.15) is 4.90 Å². The van der Waals surface area contributed by atoms with Crippen molar-refractivity contribution >= 4 is 15.8 Å². The third kappa shape index (κ3) is 3.09. The molecule has 1 aromatic carbocycles. The maximum atomic E-state index is 12.1. The second kappa shape index (κ2) is 5.90. The van der Waals surface area contributed by atoms with E-state index in [2.05, 4.69) is 19.9 Å².